The Bertz CT molecular complexity index is 983. The summed E-state index contributed by atoms with van der Waals surface area (Å²) >= 11 is 0. The number of sulfonamides is 1. The van der Waals surface area contributed by atoms with Crippen LogP contribution in [0.4, 0.5) is 10.1 Å². The van der Waals surface area contributed by atoms with E-state index in [9.17, 15) is 17.6 Å². The highest BCUT2D eigenvalue weighted by atomic mass is 32.2. The third-order valence-electron chi connectivity index (χ3n) is 4.49. The molecule has 0 spiro atoms. The van der Waals surface area contributed by atoms with Gasteiger partial charge in [-0.3, -0.25) is 4.79 Å². The Balaban J connectivity index is 1.85. The molecule has 3 rings (SSSR count). The third kappa shape index (κ3) is 4.40. The van der Waals surface area contributed by atoms with Crippen molar-refractivity contribution < 1.29 is 22.3 Å². The summed E-state index contributed by atoms with van der Waals surface area (Å²) in [4.78, 5) is 12.6. The normalized spacial score (nSPS) is 20.7. The first kappa shape index (κ1) is 20.4. The van der Waals surface area contributed by atoms with Crippen molar-refractivity contribution in [2.75, 3.05) is 18.4 Å². The molecular formula is C20H23FN2O4S. The van der Waals surface area contributed by atoms with Gasteiger partial charge in [0, 0.05) is 18.7 Å². The molecule has 2 unspecified atom stereocenters. The molecular weight excluding hydrogens is 383 g/mol. The van der Waals surface area contributed by atoms with Gasteiger partial charge in [0.25, 0.3) is 5.91 Å². The monoisotopic (exact) mass is 406 g/mol. The zero-order chi connectivity index (χ0) is 20.5. The van der Waals surface area contributed by atoms with Crippen LogP contribution in [-0.2, 0) is 14.8 Å². The molecule has 8 heteroatoms. The number of ether oxygens (including phenoxy) is 1. The van der Waals surface area contributed by atoms with Crippen molar-refractivity contribution in [2.24, 2.45) is 0 Å². The number of nitrogens with zero attached hydrogens (tertiary/aromatic N) is 1. The van der Waals surface area contributed by atoms with Crippen molar-refractivity contribution in [3.05, 3.63) is 59.4 Å². The summed E-state index contributed by atoms with van der Waals surface area (Å²) in [5.41, 5.74) is 0.981. The van der Waals surface area contributed by atoms with Crippen LogP contribution in [-0.4, -0.2) is 43.9 Å². The lowest BCUT2D eigenvalue weighted by Crippen LogP contribution is -2.48. The van der Waals surface area contributed by atoms with Gasteiger partial charge in [0.15, 0.2) is 0 Å². The predicted octanol–water partition coefficient (Wildman–Crippen LogP) is 3.18. The minimum atomic E-state index is -3.77. The minimum absolute atomic E-state index is 0.0196. The molecule has 1 aliphatic rings. The maximum absolute atomic E-state index is 13.9. The molecule has 6 nitrogen and oxygen atoms in total. The van der Waals surface area contributed by atoms with Gasteiger partial charge in [-0.25, -0.2) is 12.8 Å². The number of nitrogens with one attached hydrogen (secondary N) is 1. The number of carbonyl (C=O) groups excluding carboxylic acids is 1. The van der Waals surface area contributed by atoms with E-state index in [2.05, 4.69) is 5.32 Å². The summed E-state index contributed by atoms with van der Waals surface area (Å²) in [5.74, 6) is -1.13. The molecule has 1 fully saturated rings. The van der Waals surface area contributed by atoms with Crippen LogP contribution in [0.5, 0.6) is 0 Å². The number of hydrogen-bond donors (Lipinski definition) is 1. The van der Waals surface area contributed by atoms with Crippen molar-refractivity contribution in [3.8, 4) is 0 Å². The minimum Gasteiger partial charge on any atom is -0.373 e. The van der Waals surface area contributed by atoms with E-state index in [4.69, 9.17) is 4.74 Å². The lowest BCUT2D eigenvalue weighted by atomic mass is 10.2. The second-order valence-corrected chi connectivity index (χ2v) is 8.98. The van der Waals surface area contributed by atoms with Gasteiger partial charge in [-0.15, -0.1) is 0 Å². The number of halogens is 1. The maximum Gasteiger partial charge on any atom is 0.255 e. The number of carbonyl (C=O) groups is 1. The molecule has 1 heterocycles. The highest BCUT2D eigenvalue weighted by molar-refractivity contribution is 7.89. The number of benzene rings is 2. The van der Waals surface area contributed by atoms with E-state index in [1.807, 2.05) is 13.8 Å². The van der Waals surface area contributed by atoms with E-state index < -0.39 is 21.7 Å². The zero-order valence-electron chi connectivity index (χ0n) is 16.0. The molecule has 0 saturated carbocycles. The van der Waals surface area contributed by atoms with Crippen molar-refractivity contribution in [1.29, 1.82) is 0 Å². The molecule has 1 amide bonds. The molecule has 150 valence electrons. The second kappa shape index (κ2) is 7.98. The number of hydrogen-bond acceptors (Lipinski definition) is 4. The smallest absolute Gasteiger partial charge is 0.255 e. The van der Waals surface area contributed by atoms with Gasteiger partial charge < -0.3 is 10.1 Å². The van der Waals surface area contributed by atoms with Gasteiger partial charge in [-0.05, 0) is 56.7 Å². The van der Waals surface area contributed by atoms with E-state index in [0.29, 0.717) is 0 Å². The van der Waals surface area contributed by atoms with Crippen molar-refractivity contribution in [1.82, 2.24) is 4.31 Å². The summed E-state index contributed by atoms with van der Waals surface area (Å²) in [7, 11) is -3.77. The quantitative estimate of drug-likeness (QED) is 0.846. The molecule has 2 atom stereocenters. The van der Waals surface area contributed by atoms with Gasteiger partial charge in [0.1, 0.15) is 5.82 Å². The molecule has 1 saturated heterocycles. The largest absolute Gasteiger partial charge is 0.373 e. The van der Waals surface area contributed by atoms with Gasteiger partial charge >= 0.3 is 0 Å². The fourth-order valence-electron chi connectivity index (χ4n) is 3.20. The molecule has 0 radical (unpaired) electrons. The maximum atomic E-state index is 13.9. The highest BCUT2D eigenvalue weighted by Gasteiger charge is 2.32. The molecule has 0 bridgehead atoms. The lowest BCUT2D eigenvalue weighted by molar-refractivity contribution is -0.0440. The van der Waals surface area contributed by atoms with Gasteiger partial charge in [0.2, 0.25) is 10.0 Å². The Morgan fingerprint density at radius 1 is 1.14 bits per heavy atom. The standard InChI is InChI=1S/C20H23FN2O4S/c1-13-7-8-18(21)19(9-13)22-20(24)16-5-4-6-17(10-16)28(25,26)23-11-14(2)27-15(3)12-23/h4-10,14-15H,11-12H2,1-3H3,(H,22,24). The third-order valence-corrected chi connectivity index (χ3v) is 6.32. The van der Waals surface area contributed by atoms with E-state index >= 15 is 0 Å². The van der Waals surface area contributed by atoms with Crippen LogP contribution in [0.1, 0.15) is 29.8 Å². The van der Waals surface area contributed by atoms with Crippen LogP contribution in [0.2, 0.25) is 0 Å². The molecule has 2 aromatic rings. The number of morpholine rings is 1. The van der Waals surface area contributed by atoms with Crippen LogP contribution >= 0.6 is 0 Å². The van der Waals surface area contributed by atoms with Crippen molar-refractivity contribution >= 4 is 21.6 Å². The Labute approximate surface area is 164 Å². The summed E-state index contributed by atoms with van der Waals surface area (Å²) in [5, 5.41) is 2.50. The Morgan fingerprint density at radius 3 is 2.50 bits per heavy atom. The number of rotatable bonds is 4. The van der Waals surface area contributed by atoms with Crippen LogP contribution in [0.25, 0.3) is 0 Å². The van der Waals surface area contributed by atoms with E-state index in [1.165, 1.54) is 40.7 Å². The average Bonchev–Trinajstić information content (AvgIpc) is 2.64. The first-order valence-corrected chi connectivity index (χ1v) is 10.4. The first-order chi connectivity index (χ1) is 13.2. The van der Waals surface area contributed by atoms with E-state index in [1.54, 1.807) is 13.0 Å². The predicted molar refractivity (Wildman–Crippen MR) is 104 cm³/mol. The molecule has 2 aromatic carbocycles. The SMILES string of the molecule is Cc1ccc(F)c(NC(=O)c2cccc(S(=O)(=O)N3CC(C)OC(C)C3)c2)c1. The van der Waals surface area contributed by atoms with Crippen LogP contribution in [0.15, 0.2) is 47.4 Å². The summed E-state index contributed by atoms with van der Waals surface area (Å²) in [6.07, 6.45) is -0.427. The molecule has 1 aliphatic heterocycles. The highest BCUT2D eigenvalue weighted by Crippen LogP contribution is 2.23. The fraction of sp³-hybridized carbons (Fsp3) is 0.350. The second-order valence-electron chi connectivity index (χ2n) is 7.04. The van der Waals surface area contributed by atoms with E-state index in [0.717, 1.165) is 5.56 Å². The first-order valence-electron chi connectivity index (χ1n) is 9.00. The summed E-state index contributed by atoms with van der Waals surface area (Å²) in [6.45, 7) is 5.92. The molecule has 0 aromatic heterocycles. The fourth-order valence-corrected chi connectivity index (χ4v) is 4.84. The van der Waals surface area contributed by atoms with Crippen molar-refractivity contribution in [3.63, 3.8) is 0 Å². The van der Waals surface area contributed by atoms with Gasteiger partial charge in [-0.1, -0.05) is 12.1 Å². The molecule has 28 heavy (non-hydrogen) atoms. The van der Waals surface area contributed by atoms with Crippen molar-refractivity contribution in [2.45, 2.75) is 37.9 Å². The zero-order valence-corrected chi connectivity index (χ0v) is 16.8. The molecule has 1 N–H and O–H groups in total. The number of anilines is 1. The average molecular weight is 406 g/mol. The lowest BCUT2D eigenvalue weighted by Gasteiger charge is -2.34. The Kier molecular flexibility index (Phi) is 5.83. The van der Waals surface area contributed by atoms with Crippen LogP contribution < -0.4 is 5.32 Å². The summed E-state index contributed by atoms with van der Waals surface area (Å²) < 4.78 is 46.8. The van der Waals surface area contributed by atoms with Gasteiger partial charge in [0.05, 0.1) is 22.8 Å². The van der Waals surface area contributed by atoms with Crippen LogP contribution in [0, 0.1) is 12.7 Å². The summed E-state index contributed by atoms with van der Waals surface area (Å²) in [6, 6.07) is 10.1. The van der Waals surface area contributed by atoms with Crippen LogP contribution in [0.3, 0.4) is 0 Å². The molecule has 0 aliphatic carbocycles. The Morgan fingerprint density at radius 2 is 1.82 bits per heavy atom. The number of amides is 1. The topological polar surface area (TPSA) is 75.7 Å². The Hall–Kier alpha value is -2.29. The van der Waals surface area contributed by atoms with E-state index in [-0.39, 0.29) is 41.4 Å². The number of aryl methyl sites for hydroxylation is 1. The van der Waals surface area contributed by atoms with Gasteiger partial charge in [-0.2, -0.15) is 4.31 Å².